The molecule has 30 heavy (non-hydrogen) atoms. The van der Waals surface area contributed by atoms with Crippen molar-refractivity contribution in [2.24, 2.45) is 0 Å². The van der Waals surface area contributed by atoms with Crippen LogP contribution >= 0.6 is 0 Å². The molecule has 2 aromatic carbocycles. The molecule has 1 saturated heterocycles. The Bertz CT molecular complexity index is 949. The third-order valence-corrected chi connectivity index (χ3v) is 5.03. The predicted molar refractivity (Wildman–Crippen MR) is 102 cm³/mol. The van der Waals surface area contributed by atoms with Gasteiger partial charge in [0, 0.05) is 12.6 Å². The maximum atomic E-state index is 13.6. The van der Waals surface area contributed by atoms with E-state index in [2.05, 4.69) is 20.1 Å². The second-order valence-electron chi connectivity index (χ2n) is 7.12. The number of ether oxygens (including phenoxy) is 2. The molecule has 1 fully saturated rings. The summed E-state index contributed by atoms with van der Waals surface area (Å²) in [4.78, 5) is 6.26. The summed E-state index contributed by atoms with van der Waals surface area (Å²) in [5, 5.41) is 6.71. The van der Waals surface area contributed by atoms with Gasteiger partial charge < -0.3 is 9.47 Å². The van der Waals surface area contributed by atoms with E-state index in [0.29, 0.717) is 31.1 Å². The molecule has 2 heterocycles. The summed E-state index contributed by atoms with van der Waals surface area (Å²) < 4.78 is 52.7. The van der Waals surface area contributed by atoms with E-state index >= 15 is 0 Å². The fourth-order valence-corrected chi connectivity index (χ4v) is 3.60. The first-order valence-electron chi connectivity index (χ1n) is 9.56. The number of aromatic amines is 1. The van der Waals surface area contributed by atoms with Gasteiger partial charge in [0.1, 0.15) is 29.6 Å². The first kappa shape index (κ1) is 20.5. The Balaban J connectivity index is 1.60. The topological polar surface area (TPSA) is 63.3 Å². The maximum Gasteiger partial charge on any atom is 0.177 e. The monoisotopic (exact) mass is 418 g/mol. The van der Waals surface area contributed by atoms with Crippen molar-refractivity contribution >= 4 is 0 Å². The number of aromatic nitrogens is 3. The lowest BCUT2D eigenvalue weighted by Crippen LogP contribution is -2.46. The molecule has 3 aromatic rings. The zero-order chi connectivity index (χ0) is 21.1. The summed E-state index contributed by atoms with van der Waals surface area (Å²) in [5.74, 6) is -1.03. The van der Waals surface area contributed by atoms with Gasteiger partial charge in [-0.05, 0) is 42.3 Å². The molecule has 0 amide bonds. The minimum atomic E-state index is -0.742. The van der Waals surface area contributed by atoms with Crippen molar-refractivity contribution < 1.29 is 22.6 Å². The molecule has 6 nitrogen and oxygen atoms in total. The quantitative estimate of drug-likeness (QED) is 0.658. The SMILES string of the molecule is C[C@@H](O[C@H]1OCCN(Cc2ncn[nH]2)[C@H]1c1ccc(F)cc1)c1cc(F)cc(F)c1. The molecule has 0 radical (unpaired) electrons. The second-order valence-corrected chi connectivity index (χ2v) is 7.12. The van der Waals surface area contributed by atoms with E-state index in [1.165, 1.54) is 30.6 Å². The maximum absolute atomic E-state index is 13.6. The van der Waals surface area contributed by atoms with E-state index in [-0.39, 0.29) is 11.9 Å². The van der Waals surface area contributed by atoms with Crippen LogP contribution in [0.15, 0.2) is 48.8 Å². The van der Waals surface area contributed by atoms with Crippen molar-refractivity contribution in [2.75, 3.05) is 13.2 Å². The predicted octanol–water partition coefficient (Wildman–Crippen LogP) is 3.90. The van der Waals surface area contributed by atoms with Crippen LogP contribution in [-0.4, -0.2) is 39.5 Å². The summed E-state index contributed by atoms with van der Waals surface area (Å²) in [6.45, 7) is 3.13. The number of benzene rings is 2. The molecule has 3 atom stereocenters. The number of nitrogens with zero attached hydrogens (tertiary/aromatic N) is 3. The van der Waals surface area contributed by atoms with Crippen molar-refractivity contribution in [1.82, 2.24) is 20.1 Å². The molecule has 9 heteroatoms. The zero-order valence-electron chi connectivity index (χ0n) is 16.3. The lowest BCUT2D eigenvalue weighted by atomic mass is 10.0. The van der Waals surface area contributed by atoms with E-state index < -0.39 is 24.0 Å². The largest absolute Gasteiger partial charge is 0.349 e. The lowest BCUT2D eigenvalue weighted by Gasteiger charge is -2.41. The molecule has 1 aromatic heterocycles. The van der Waals surface area contributed by atoms with Gasteiger partial charge in [-0.3, -0.25) is 10.00 Å². The van der Waals surface area contributed by atoms with Crippen LogP contribution in [0.5, 0.6) is 0 Å². The van der Waals surface area contributed by atoms with E-state index in [0.717, 1.165) is 11.6 Å². The molecule has 0 saturated carbocycles. The minimum Gasteiger partial charge on any atom is -0.349 e. The van der Waals surface area contributed by atoms with Gasteiger partial charge in [0.15, 0.2) is 6.29 Å². The van der Waals surface area contributed by atoms with Gasteiger partial charge in [-0.15, -0.1) is 0 Å². The highest BCUT2D eigenvalue weighted by atomic mass is 19.1. The molecule has 1 aliphatic heterocycles. The first-order valence-corrected chi connectivity index (χ1v) is 9.56. The molecule has 0 unspecified atom stereocenters. The van der Waals surface area contributed by atoms with Crippen LogP contribution < -0.4 is 0 Å². The molecular formula is C21H21F3N4O2. The number of nitrogens with one attached hydrogen (secondary N) is 1. The van der Waals surface area contributed by atoms with Crippen LogP contribution in [0.4, 0.5) is 13.2 Å². The number of H-pyrrole nitrogens is 1. The molecule has 158 valence electrons. The molecule has 0 spiro atoms. The van der Waals surface area contributed by atoms with Crippen molar-refractivity contribution in [3.8, 4) is 0 Å². The van der Waals surface area contributed by atoms with Gasteiger partial charge >= 0.3 is 0 Å². The van der Waals surface area contributed by atoms with Crippen LogP contribution in [0.3, 0.4) is 0 Å². The standard InChI is InChI=1S/C21H21F3N4O2/c1-13(15-8-17(23)10-18(24)9-15)30-21-20(14-2-4-16(22)5-3-14)28(6-7-29-21)11-19-25-12-26-27-19/h2-5,8-10,12-13,20-21H,6-7,11H2,1H3,(H,25,26,27)/t13-,20+,21-/m1/s1. The summed E-state index contributed by atoms with van der Waals surface area (Å²) in [7, 11) is 0. The summed E-state index contributed by atoms with van der Waals surface area (Å²) in [6.07, 6.45) is 0.0545. The zero-order valence-corrected chi connectivity index (χ0v) is 16.3. The Morgan fingerprint density at radius 2 is 1.87 bits per heavy atom. The van der Waals surface area contributed by atoms with Gasteiger partial charge in [-0.2, -0.15) is 5.10 Å². The highest BCUT2D eigenvalue weighted by Crippen LogP contribution is 2.34. The van der Waals surface area contributed by atoms with Crippen LogP contribution in [0.2, 0.25) is 0 Å². The number of hydrogen-bond acceptors (Lipinski definition) is 5. The average molecular weight is 418 g/mol. The van der Waals surface area contributed by atoms with Crippen molar-refractivity contribution in [3.05, 3.63) is 83.2 Å². The van der Waals surface area contributed by atoms with Crippen molar-refractivity contribution in [2.45, 2.75) is 31.9 Å². The Kier molecular flexibility index (Phi) is 6.12. The summed E-state index contributed by atoms with van der Waals surface area (Å²) in [5.41, 5.74) is 1.15. The second kappa shape index (κ2) is 8.95. The molecular weight excluding hydrogens is 397 g/mol. The highest BCUT2D eigenvalue weighted by molar-refractivity contribution is 5.22. The molecule has 1 aliphatic rings. The fraction of sp³-hybridized carbons (Fsp3) is 0.333. The smallest absolute Gasteiger partial charge is 0.177 e. The van der Waals surface area contributed by atoms with Gasteiger partial charge in [0.25, 0.3) is 0 Å². The Morgan fingerprint density at radius 1 is 1.13 bits per heavy atom. The number of rotatable bonds is 6. The molecule has 1 N–H and O–H groups in total. The van der Waals surface area contributed by atoms with Gasteiger partial charge in [0.05, 0.1) is 25.3 Å². The van der Waals surface area contributed by atoms with E-state index in [4.69, 9.17) is 9.47 Å². The van der Waals surface area contributed by atoms with Gasteiger partial charge in [0.2, 0.25) is 0 Å². The molecule has 0 bridgehead atoms. The van der Waals surface area contributed by atoms with E-state index in [9.17, 15) is 13.2 Å². The Hall–Kier alpha value is -2.75. The van der Waals surface area contributed by atoms with E-state index in [1.807, 2.05) is 0 Å². The normalized spacial score (nSPS) is 20.9. The van der Waals surface area contributed by atoms with Crippen LogP contribution in [0.1, 0.15) is 36.0 Å². The highest BCUT2D eigenvalue weighted by Gasteiger charge is 2.36. The number of morpholine rings is 1. The third kappa shape index (κ3) is 4.69. The van der Waals surface area contributed by atoms with Gasteiger partial charge in [-0.1, -0.05) is 12.1 Å². The van der Waals surface area contributed by atoms with Gasteiger partial charge in [-0.25, -0.2) is 18.2 Å². The van der Waals surface area contributed by atoms with Crippen LogP contribution in [-0.2, 0) is 16.0 Å². The van der Waals surface area contributed by atoms with Crippen LogP contribution in [0.25, 0.3) is 0 Å². The summed E-state index contributed by atoms with van der Waals surface area (Å²) in [6, 6.07) is 8.98. The number of halogens is 3. The minimum absolute atomic E-state index is 0.349. The summed E-state index contributed by atoms with van der Waals surface area (Å²) >= 11 is 0. The third-order valence-electron chi connectivity index (χ3n) is 5.03. The fourth-order valence-electron chi connectivity index (χ4n) is 3.60. The van der Waals surface area contributed by atoms with Crippen molar-refractivity contribution in [1.29, 1.82) is 0 Å². The number of hydrogen-bond donors (Lipinski definition) is 1. The van der Waals surface area contributed by atoms with Crippen LogP contribution in [0, 0.1) is 17.5 Å². The first-order chi connectivity index (χ1) is 14.5. The Labute approximate surface area is 171 Å². The Morgan fingerprint density at radius 3 is 2.53 bits per heavy atom. The van der Waals surface area contributed by atoms with Crippen molar-refractivity contribution in [3.63, 3.8) is 0 Å². The van der Waals surface area contributed by atoms with E-state index in [1.54, 1.807) is 19.1 Å². The molecule has 0 aliphatic carbocycles. The lowest BCUT2D eigenvalue weighted by molar-refractivity contribution is -0.231. The average Bonchev–Trinajstić information content (AvgIpc) is 3.21. The molecule has 4 rings (SSSR count).